The average Bonchev–Trinajstić information content (AvgIpc) is 2.87. The molecule has 2 bridgehead atoms. The fraction of sp³-hybridized carbons (Fsp3) is 1.00. The summed E-state index contributed by atoms with van der Waals surface area (Å²) in [6, 6.07) is 0.373. The maximum atomic E-state index is 6.11. The summed E-state index contributed by atoms with van der Waals surface area (Å²) in [5.41, 5.74) is 6.11. The minimum absolute atomic E-state index is 0.373. The Morgan fingerprint density at radius 2 is 2.00 bits per heavy atom. The Morgan fingerprint density at radius 1 is 1.24 bits per heavy atom. The Morgan fingerprint density at radius 3 is 2.53 bits per heavy atom. The van der Waals surface area contributed by atoms with Crippen molar-refractivity contribution in [3.8, 4) is 0 Å². The lowest BCUT2D eigenvalue weighted by molar-refractivity contribution is 0.211. The minimum Gasteiger partial charge on any atom is -0.327 e. The number of fused-ring (bicyclic) bond motifs is 2. The van der Waals surface area contributed by atoms with Gasteiger partial charge in [-0.05, 0) is 62.9 Å². The molecule has 2 rings (SSSR count). The SMILES string of the molecule is CC(C)C(N)CCN(C)CC1CC2CCC1C2. The monoisotopic (exact) mass is 238 g/mol. The van der Waals surface area contributed by atoms with Gasteiger partial charge in [-0.2, -0.15) is 0 Å². The second-order valence-electron chi connectivity index (χ2n) is 6.89. The van der Waals surface area contributed by atoms with Crippen LogP contribution >= 0.6 is 0 Å². The Labute approximate surface area is 107 Å². The van der Waals surface area contributed by atoms with Crippen molar-refractivity contribution < 1.29 is 0 Å². The molecule has 0 aliphatic heterocycles. The third-order valence-corrected chi connectivity index (χ3v) is 5.13. The van der Waals surface area contributed by atoms with Crippen LogP contribution in [0.25, 0.3) is 0 Å². The summed E-state index contributed by atoms with van der Waals surface area (Å²) in [5, 5.41) is 0. The molecule has 0 spiro atoms. The average molecular weight is 238 g/mol. The van der Waals surface area contributed by atoms with Crippen molar-refractivity contribution in [2.45, 2.75) is 52.0 Å². The van der Waals surface area contributed by atoms with Crippen LogP contribution in [-0.2, 0) is 0 Å². The third kappa shape index (κ3) is 3.45. The van der Waals surface area contributed by atoms with Gasteiger partial charge in [-0.1, -0.05) is 20.3 Å². The molecule has 2 aliphatic rings. The maximum Gasteiger partial charge on any atom is 0.00740 e. The highest BCUT2D eigenvalue weighted by Crippen LogP contribution is 2.48. The fourth-order valence-corrected chi connectivity index (χ4v) is 3.79. The molecular formula is C15H30N2. The van der Waals surface area contributed by atoms with Gasteiger partial charge in [0, 0.05) is 12.6 Å². The molecule has 0 radical (unpaired) electrons. The molecule has 2 nitrogen and oxygen atoms in total. The molecule has 2 aliphatic carbocycles. The van der Waals surface area contributed by atoms with Crippen LogP contribution in [-0.4, -0.2) is 31.1 Å². The molecule has 0 amide bonds. The number of rotatable bonds is 6. The van der Waals surface area contributed by atoms with E-state index in [-0.39, 0.29) is 0 Å². The minimum atomic E-state index is 0.373. The molecule has 4 unspecified atom stereocenters. The fourth-order valence-electron chi connectivity index (χ4n) is 3.79. The van der Waals surface area contributed by atoms with Crippen LogP contribution in [0.3, 0.4) is 0 Å². The lowest BCUT2D eigenvalue weighted by Crippen LogP contribution is -2.34. The standard InChI is InChI=1S/C15H30N2/c1-11(2)15(16)6-7-17(3)10-14-9-12-4-5-13(14)8-12/h11-15H,4-10,16H2,1-3H3. The van der Waals surface area contributed by atoms with E-state index in [4.69, 9.17) is 5.73 Å². The van der Waals surface area contributed by atoms with Gasteiger partial charge in [0.25, 0.3) is 0 Å². The largest absolute Gasteiger partial charge is 0.327 e. The van der Waals surface area contributed by atoms with Crippen LogP contribution in [0.5, 0.6) is 0 Å². The quantitative estimate of drug-likeness (QED) is 0.771. The van der Waals surface area contributed by atoms with E-state index in [0.717, 1.165) is 24.2 Å². The molecule has 0 heterocycles. The van der Waals surface area contributed by atoms with Crippen LogP contribution in [0.15, 0.2) is 0 Å². The Hall–Kier alpha value is -0.0800. The third-order valence-electron chi connectivity index (χ3n) is 5.13. The zero-order chi connectivity index (χ0) is 12.4. The van der Waals surface area contributed by atoms with Crippen LogP contribution in [0.4, 0.5) is 0 Å². The summed E-state index contributed by atoms with van der Waals surface area (Å²) in [6.07, 6.45) is 7.21. The summed E-state index contributed by atoms with van der Waals surface area (Å²) < 4.78 is 0. The van der Waals surface area contributed by atoms with Crippen LogP contribution < -0.4 is 5.73 Å². The van der Waals surface area contributed by atoms with Crippen molar-refractivity contribution in [3.05, 3.63) is 0 Å². The van der Waals surface area contributed by atoms with Gasteiger partial charge in [-0.25, -0.2) is 0 Å². The maximum absolute atomic E-state index is 6.11. The van der Waals surface area contributed by atoms with Gasteiger partial charge in [0.2, 0.25) is 0 Å². The molecule has 2 heteroatoms. The molecule has 0 aromatic carbocycles. The van der Waals surface area contributed by atoms with Crippen LogP contribution in [0, 0.1) is 23.7 Å². The van der Waals surface area contributed by atoms with Crippen molar-refractivity contribution in [1.29, 1.82) is 0 Å². The summed E-state index contributed by atoms with van der Waals surface area (Å²) in [6.45, 7) is 6.93. The molecule has 2 fully saturated rings. The molecular weight excluding hydrogens is 208 g/mol. The summed E-state index contributed by atoms with van der Waals surface area (Å²) >= 11 is 0. The number of hydrogen-bond acceptors (Lipinski definition) is 2. The first kappa shape index (κ1) is 13.4. The first-order valence-corrected chi connectivity index (χ1v) is 7.50. The highest BCUT2D eigenvalue weighted by molar-refractivity contribution is 4.91. The van der Waals surface area contributed by atoms with Crippen molar-refractivity contribution in [2.24, 2.45) is 29.4 Å². The van der Waals surface area contributed by atoms with Crippen LogP contribution in [0.2, 0.25) is 0 Å². The van der Waals surface area contributed by atoms with Crippen molar-refractivity contribution >= 4 is 0 Å². The van der Waals surface area contributed by atoms with E-state index in [1.54, 1.807) is 0 Å². The van der Waals surface area contributed by atoms with E-state index < -0.39 is 0 Å². The molecule has 2 N–H and O–H groups in total. The highest BCUT2D eigenvalue weighted by Gasteiger charge is 2.39. The molecule has 0 saturated heterocycles. The first-order valence-electron chi connectivity index (χ1n) is 7.50. The van der Waals surface area contributed by atoms with Gasteiger partial charge in [0.05, 0.1) is 0 Å². The number of hydrogen-bond donors (Lipinski definition) is 1. The molecule has 2 saturated carbocycles. The summed E-state index contributed by atoms with van der Waals surface area (Å²) in [7, 11) is 2.28. The van der Waals surface area contributed by atoms with Gasteiger partial charge in [0.15, 0.2) is 0 Å². The second-order valence-corrected chi connectivity index (χ2v) is 6.89. The lowest BCUT2D eigenvalue weighted by atomic mass is 9.88. The predicted molar refractivity (Wildman–Crippen MR) is 73.9 cm³/mol. The normalized spacial score (nSPS) is 33.9. The highest BCUT2D eigenvalue weighted by atomic mass is 15.1. The van der Waals surface area contributed by atoms with Gasteiger partial charge in [0.1, 0.15) is 0 Å². The van der Waals surface area contributed by atoms with Crippen molar-refractivity contribution in [2.75, 3.05) is 20.1 Å². The van der Waals surface area contributed by atoms with Crippen molar-refractivity contribution in [3.63, 3.8) is 0 Å². The zero-order valence-corrected chi connectivity index (χ0v) is 11.9. The van der Waals surface area contributed by atoms with Gasteiger partial charge in [-0.3, -0.25) is 0 Å². The Balaban J connectivity index is 1.66. The zero-order valence-electron chi connectivity index (χ0n) is 11.9. The van der Waals surface area contributed by atoms with Gasteiger partial charge < -0.3 is 10.6 Å². The predicted octanol–water partition coefficient (Wildman–Crippen LogP) is 2.73. The van der Waals surface area contributed by atoms with Gasteiger partial charge in [-0.15, -0.1) is 0 Å². The van der Waals surface area contributed by atoms with E-state index in [9.17, 15) is 0 Å². The van der Waals surface area contributed by atoms with E-state index in [1.165, 1.54) is 38.8 Å². The molecule has 100 valence electrons. The smallest absolute Gasteiger partial charge is 0.00740 e. The van der Waals surface area contributed by atoms with E-state index >= 15 is 0 Å². The molecule has 4 atom stereocenters. The topological polar surface area (TPSA) is 29.3 Å². The van der Waals surface area contributed by atoms with E-state index in [2.05, 4.69) is 25.8 Å². The molecule has 0 aromatic rings. The lowest BCUT2D eigenvalue weighted by Gasteiger charge is -2.28. The summed E-state index contributed by atoms with van der Waals surface area (Å²) in [5.74, 6) is 3.75. The second kappa shape index (κ2) is 5.71. The van der Waals surface area contributed by atoms with Crippen LogP contribution in [0.1, 0.15) is 46.0 Å². The molecule has 17 heavy (non-hydrogen) atoms. The Bertz CT molecular complexity index is 239. The van der Waals surface area contributed by atoms with Crippen molar-refractivity contribution in [1.82, 2.24) is 4.90 Å². The Kier molecular flexibility index (Phi) is 4.48. The van der Waals surface area contributed by atoms with E-state index in [0.29, 0.717) is 12.0 Å². The van der Waals surface area contributed by atoms with E-state index in [1.807, 2.05) is 0 Å². The first-order chi connectivity index (χ1) is 8.06. The van der Waals surface area contributed by atoms with Gasteiger partial charge >= 0.3 is 0 Å². The number of nitrogens with zero attached hydrogens (tertiary/aromatic N) is 1. The molecule has 0 aromatic heterocycles. The summed E-state index contributed by atoms with van der Waals surface area (Å²) in [4.78, 5) is 2.52. The number of nitrogens with two attached hydrogens (primary N) is 1.